The summed E-state index contributed by atoms with van der Waals surface area (Å²) in [5.74, 6) is -2.36. The van der Waals surface area contributed by atoms with Crippen molar-refractivity contribution < 1.29 is 42.9 Å². The molecule has 9 heteroatoms. The van der Waals surface area contributed by atoms with E-state index >= 15 is 0 Å². The molecule has 0 radical (unpaired) electrons. The fraction of sp³-hybridized carbons (Fsp3) is 0.578. The minimum Gasteiger partial charge on any atom is -0.545 e. The zero-order valence-corrected chi connectivity index (χ0v) is 46.4. The summed E-state index contributed by atoms with van der Waals surface area (Å²) in [6.07, 6.45) is 74.8. The second-order valence-corrected chi connectivity index (χ2v) is 19.1. The van der Waals surface area contributed by atoms with Gasteiger partial charge in [-0.05, 0) is 116 Å². The third-order valence-corrected chi connectivity index (χ3v) is 11.1. The van der Waals surface area contributed by atoms with E-state index in [1.165, 1.54) is 12.8 Å². The molecule has 0 heterocycles. The van der Waals surface area contributed by atoms with Crippen LogP contribution < -0.4 is 5.11 Å². The van der Waals surface area contributed by atoms with Gasteiger partial charge < -0.3 is 33.3 Å². The van der Waals surface area contributed by atoms with E-state index in [0.717, 1.165) is 128 Å². The highest BCUT2D eigenvalue weighted by Crippen LogP contribution is 2.12. The molecule has 0 aliphatic heterocycles. The minimum absolute atomic E-state index is 0.131. The summed E-state index contributed by atoms with van der Waals surface area (Å²) in [7, 11) is 5.88. The van der Waals surface area contributed by atoms with Crippen LogP contribution in [-0.4, -0.2) is 82.3 Å². The van der Waals surface area contributed by atoms with Crippen molar-refractivity contribution in [2.75, 3.05) is 47.5 Å². The van der Waals surface area contributed by atoms with E-state index in [0.29, 0.717) is 23.9 Å². The van der Waals surface area contributed by atoms with E-state index in [1.54, 1.807) is 0 Å². The topological polar surface area (TPSA) is 111 Å². The van der Waals surface area contributed by atoms with Crippen LogP contribution in [0.2, 0.25) is 0 Å². The van der Waals surface area contributed by atoms with Crippen molar-refractivity contribution in [2.24, 2.45) is 0 Å². The molecule has 0 bridgehead atoms. The Labute approximate surface area is 445 Å². The van der Waals surface area contributed by atoms with Crippen LogP contribution in [-0.2, 0) is 33.3 Å². The van der Waals surface area contributed by atoms with Gasteiger partial charge in [0.1, 0.15) is 13.2 Å². The van der Waals surface area contributed by atoms with E-state index in [9.17, 15) is 19.5 Å². The molecular weight excluding hydrogens is 911 g/mol. The highest BCUT2D eigenvalue weighted by Gasteiger charge is 2.21. The molecule has 9 nitrogen and oxygen atoms in total. The first-order valence-corrected chi connectivity index (χ1v) is 28.0. The smallest absolute Gasteiger partial charge is 0.306 e. The Bertz CT molecular complexity index is 1700. The van der Waals surface area contributed by atoms with Gasteiger partial charge in [-0.2, -0.15) is 0 Å². The van der Waals surface area contributed by atoms with E-state index in [1.807, 2.05) is 21.1 Å². The van der Waals surface area contributed by atoms with Crippen LogP contribution in [0, 0.1) is 0 Å². The number of carboxylic acid groups (broad SMARTS) is 1. The third-order valence-electron chi connectivity index (χ3n) is 11.1. The number of unbranched alkanes of at least 4 members (excludes halogenated alkanes) is 10. The lowest BCUT2D eigenvalue weighted by Crippen LogP contribution is -2.44. The highest BCUT2D eigenvalue weighted by molar-refractivity contribution is 5.70. The molecule has 0 spiro atoms. The van der Waals surface area contributed by atoms with Gasteiger partial charge in [0.15, 0.2) is 12.4 Å². The number of ether oxygens (including phenoxy) is 4. The van der Waals surface area contributed by atoms with Crippen molar-refractivity contribution in [1.82, 2.24) is 0 Å². The van der Waals surface area contributed by atoms with E-state index in [-0.39, 0.29) is 38.6 Å². The number of hydrogen-bond donors (Lipinski definition) is 0. The first kappa shape index (κ1) is 68.2. The van der Waals surface area contributed by atoms with Crippen molar-refractivity contribution in [2.45, 2.75) is 193 Å². The third kappa shape index (κ3) is 54.8. The molecule has 0 aliphatic rings. The summed E-state index contributed by atoms with van der Waals surface area (Å²) in [5.41, 5.74) is 0. The number of carboxylic acids is 1. The Hall–Kier alpha value is -4.83. The minimum atomic E-state index is -1.64. The molecular formula is C64H101NO8. The van der Waals surface area contributed by atoms with Crippen molar-refractivity contribution in [3.63, 3.8) is 0 Å². The Kier molecular flexibility index (Phi) is 49.9. The fourth-order valence-electron chi connectivity index (χ4n) is 6.75. The van der Waals surface area contributed by atoms with Crippen molar-refractivity contribution in [3.05, 3.63) is 146 Å². The molecule has 0 saturated heterocycles. The summed E-state index contributed by atoms with van der Waals surface area (Å²) in [6.45, 7) is 4.50. The SMILES string of the molecule is CC/C=C\C/C=C\C/C=C\C/C=C\C/C=C\C/C=C\C/C=C\C/C=C\C/C=C\C/C=C\C/C=C\CCCCCC(=O)OC(COC(=O)CCCCCCC/C=C\CCCC)COC(OCC[N+](C)(C)C)C(=O)[O-]. The quantitative estimate of drug-likeness (QED) is 0.0195. The second kappa shape index (κ2) is 53.5. The van der Waals surface area contributed by atoms with Crippen molar-refractivity contribution in [1.29, 1.82) is 0 Å². The average molecular weight is 1010 g/mol. The number of quaternary nitrogens is 1. The second-order valence-electron chi connectivity index (χ2n) is 19.1. The maximum atomic E-state index is 12.8. The predicted molar refractivity (Wildman–Crippen MR) is 306 cm³/mol. The van der Waals surface area contributed by atoms with E-state index in [2.05, 4.69) is 160 Å². The molecule has 0 saturated carbocycles. The van der Waals surface area contributed by atoms with Gasteiger partial charge in [-0.1, -0.05) is 198 Å². The van der Waals surface area contributed by atoms with Crippen LogP contribution in [0.4, 0.5) is 0 Å². The van der Waals surface area contributed by atoms with Gasteiger partial charge in [-0.25, -0.2) is 0 Å². The molecule has 73 heavy (non-hydrogen) atoms. The van der Waals surface area contributed by atoms with Crippen LogP contribution in [0.3, 0.4) is 0 Å². The number of esters is 2. The molecule has 0 rings (SSSR count). The maximum Gasteiger partial charge on any atom is 0.306 e. The van der Waals surface area contributed by atoms with Gasteiger partial charge in [-0.3, -0.25) is 9.59 Å². The number of hydrogen-bond acceptors (Lipinski definition) is 8. The zero-order chi connectivity index (χ0) is 53.4. The molecule has 2 unspecified atom stereocenters. The van der Waals surface area contributed by atoms with Crippen molar-refractivity contribution >= 4 is 17.9 Å². The van der Waals surface area contributed by atoms with Crippen LogP contribution in [0.25, 0.3) is 0 Å². The number of aliphatic carboxylic acids is 1. The van der Waals surface area contributed by atoms with Gasteiger partial charge in [0.2, 0.25) is 0 Å². The molecule has 0 aromatic heterocycles. The number of carbonyl (C=O) groups excluding carboxylic acids is 3. The number of rotatable bonds is 49. The Morgan fingerprint density at radius 2 is 0.781 bits per heavy atom. The number of likely N-dealkylation sites (N-methyl/N-ethyl adjacent to an activating group) is 1. The first-order chi connectivity index (χ1) is 35.6. The average Bonchev–Trinajstić information content (AvgIpc) is 3.36. The standard InChI is InChI=1S/C64H101NO8/c1-6-8-10-12-14-16-18-19-20-21-22-23-24-25-26-27-28-29-30-31-32-33-34-35-36-37-38-39-40-41-42-43-45-47-49-51-53-55-62(67)73-60(59-72-64(63(68)69)70-57-56-65(3,4)5)58-71-61(66)54-52-50-48-46-44-17-15-13-11-9-7-2/h8,10,13-16,19-20,22-23,25-26,28-29,31-32,34-35,37-38,40-41,43,45,60,64H,6-7,9,11-12,17-18,21,24,27,30,33,36,39,42,44,46-59H2,1-5H3/b10-8-,15-13-,16-14-,20-19-,23-22-,26-25-,29-28-,32-31-,35-34-,38-37-,41-40-,45-43-. The molecule has 0 N–H and O–H groups in total. The summed E-state index contributed by atoms with van der Waals surface area (Å²) in [4.78, 5) is 37.1. The maximum absolute atomic E-state index is 12.8. The van der Waals surface area contributed by atoms with Gasteiger partial charge in [0.25, 0.3) is 0 Å². The lowest BCUT2D eigenvalue weighted by atomic mass is 10.1. The molecule has 0 aromatic rings. The lowest BCUT2D eigenvalue weighted by Gasteiger charge is -2.26. The van der Waals surface area contributed by atoms with Gasteiger partial charge in [-0.15, -0.1) is 0 Å². The zero-order valence-electron chi connectivity index (χ0n) is 46.4. The lowest BCUT2D eigenvalue weighted by molar-refractivity contribution is -0.870. The van der Waals surface area contributed by atoms with Crippen molar-refractivity contribution in [3.8, 4) is 0 Å². The van der Waals surface area contributed by atoms with Gasteiger partial charge in [0.05, 0.1) is 40.3 Å². The summed E-state index contributed by atoms with van der Waals surface area (Å²) >= 11 is 0. The highest BCUT2D eigenvalue weighted by atomic mass is 16.7. The summed E-state index contributed by atoms with van der Waals surface area (Å²) in [6, 6.07) is 0. The van der Waals surface area contributed by atoms with Crippen LogP contribution in [0.15, 0.2) is 146 Å². The largest absolute Gasteiger partial charge is 0.545 e. The molecule has 0 aromatic carbocycles. The van der Waals surface area contributed by atoms with E-state index in [4.69, 9.17) is 18.9 Å². The number of allylic oxidation sites excluding steroid dienone is 24. The Balaban J connectivity index is 4.29. The molecule has 410 valence electrons. The summed E-state index contributed by atoms with van der Waals surface area (Å²) in [5, 5.41) is 11.7. The fourth-order valence-corrected chi connectivity index (χ4v) is 6.75. The normalized spacial score (nSPS) is 13.9. The first-order valence-electron chi connectivity index (χ1n) is 28.0. The summed E-state index contributed by atoms with van der Waals surface area (Å²) < 4.78 is 22.5. The van der Waals surface area contributed by atoms with E-state index < -0.39 is 24.3 Å². The molecule has 0 aliphatic carbocycles. The number of carbonyl (C=O) groups is 3. The van der Waals surface area contributed by atoms with Crippen LogP contribution in [0.5, 0.6) is 0 Å². The molecule has 2 atom stereocenters. The molecule has 0 fully saturated rings. The Morgan fingerprint density at radius 1 is 0.425 bits per heavy atom. The van der Waals surface area contributed by atoms with Crippen LogP contribution >= 0.6 is 0 Å². The van der Waals surface area contributed by atoms with Gasteiger partial charge >= 0.3 is 11.9 Å². The van der Waals surface area contributed by atoms with Gasteiger partial charge in [0, 0.05) is 12.8 Å². The predicted octanol–water partition coefficient (Wildman–Crippen LogP) is 15.1. The number of nitrogens with zero attached hydrogens (tertiary/aromatic N) is 1. The van der Waals surface area contributed by atoms with Crippen LogP contribution in [0.1, 0.15) is 181 Å². The Morgan fingerprint density at radius 3 is 1.19 bits per heavy atom. The monoisotopic (exact) mass is 1010 g/mol. The molecule has 0 amide bonds.